The van der Waals surface area contributed by atoms with Crippen LogP contribution < -0.4 is 5.32 Å². The number of sulfone groups is 1. The Morgan fingerprint density at radius 1 is 1.39 bits per heavy atom. The Bertz CT molecular complexity index is 331. The molecule has 0 aromatic rings. The predicted octanol–water partition coefficient (Wildman–Crippen LogP) is 1.75. The zero-order chi connectivity index (χ0) is 13.6. The maximum absolute atomic E-state index is 11.2. The first kappa shape index (κ1) is 15.9. The molecule has 1 fully saturated rings. The summed E-state index contributed by atoms with van der Waals surface area (Å²) in [4.78, 5) is 0. The molecule has 0 saturated heterocycles. The van der Waals surface area contributed by atoms with E-state index in [1.807, 2.05) is 0 Å². The van der Waals surface area contributed by atoms with Gasteiger partial charge in [-0.25, -0.2) is 8.42 Å². The molecule has 4 nitrogen and oxygen atoms in total. The molecule has 0 heterocycles. The van der Waals surface area contributed by atoms with Crippen molar-refractivity contribution in [2.75, 3.05) is 25.7 Å². The standard InChI is InChI=1S/C13H27NO3S/c1-4-10-14-12(7-5-11-18(3,15)16)13(17-2)8-6-9-13/h12,14H,4-11H2,1-3H3. The van der Waals surface area contributed by atoms with Crippen LogP contribution in [0, 0.1) is 0 Å². The quantitative estimate of drug-likeness (QED) is 0.697. The van der Waals surface area contributed by atoms with Gasteiger partial charge in [0.15, 0.2) is 0 Å². The highest BCUT2D eigenvalue weighted by molar-refractivity contribution is 7.90. The third kappa shape index (κ3) is 4.52. The molecule has 1 saturated carbocycles. The number of rotatable bonds is 9. The fraction of sp³-hybridized carbons (Fsp3) is 1.00. The van der Waals surface area contributed by atoms with Crippen molar-refractivity contribution in [1.82, 2.24) is 5.32 Å². The molecule has 0 aromatic heterocycles. The van der Waals surface area contributed by atoms with Crippen LogP contribution in [-0.4, -0.2) is 45.7 Å². The minimum absolute atomic E-state index is 0.0489. The molecular weight excluding hydrogens is 250 g/mol. The van der Waals surface area contributed by atoms with Gasteiger partial charge in [-0.15, -0.1) is 0 Å². The van der Waals surface area contributed by atoms with Gasteiger partial charge in [-0.3, -0.25) is 0 Å². The summed E-state index contributed by atoms with van der Waals surface area (Å²) >= 11 is 0. The summed E-state index contributed by atoms with van der Waals surface area (Å²) in [5.74, 6) is 0.275. The Balaban J connectivity index is 2.50. The van der Waals surface area contributed by atoms with Crippen molar-refractivity contribution in [1.29, 1.82) is 0 Å². The van der Waals surface area contributed by atoms with Crippen molar-refractivity contribution in [3.8, 4) is 0 Å². The molecule has 1 rings (SSSR count). The molecule has 108 valence electrons. The van der Waals surface area contributed by atoms with E-state index in [1.54, 1.807) is 7.11 Å². The second-order valence-corrected chi connectivity index (χ2v) is 7.66. The van der Waals surface area contributed by atoms with Crippen LogP contribution >= 0.6 is 0 Å². The zero-order valence-corrected chi connectivity index (χ0v) is 12.7. The number of hydrogen-bond donors (Lipinski definition) is 1. The predicted molar refractivity (Wildman–Crippen MR) is 74.6 cm³/mol. The summed E-state index contributed by atoms with van der Waals surface area (Å²) in [6.07, 6.45) is 7.36. The van der Waals surface area contributed by atoms with E-state index >= 15 is 0 Å². The van der Waals surface area contributed by atoms with Gasteiger partial charge in [-0.2, -0.15) is 0 Å². The molecule has 0 aliphatic heterocycles. The van der Waals surface area contributed by atoms with E-state index < -0.39 is 9.84 Å². The Kier molecular flexibility index (Phi) is 6.08. The third-order valence-corrected chi connectivity index (χ3v) is 4.92. The Hall–Kier alpha value is -0.130. The van der Waals surface area contributed by atoms with Crippen molar-refractivity contribution >= 4 is 9.84 Å². The van der Waals surface area contributed by atoms with Crippen LogP contribution in [0.1, 0.15) is 45.4 Å². The van der Waals surface area contributed by atoms with Crippen LogP contribution in [0.4, 0.5) is 0 Å². The van der Waals surface area contributed by atoms with E-state index in [2.05, 4.69) is 12.2 Å². The molecule has 1 unspecified atom stereocenters. The van der Waals surface area contributed by atoms with Crippen LogP contribution in [-0.2, 0) is 14.6 Å². The number of hydrogen-bond acceptors (Lipinski definition) is 4. The lowest BCUT2D eigenvalue weighted by Gasteiger charge is -2.47. The van der Waals surface area contributed by atoms with Gasteiger partial charge >= 0.3 is 0 Å². The monoisotopic (exact) mass is 277 g/mol. The Morgan fingerprint density at radius 2 is 2.06 bits per heavy atom. The number of ether oxygens (including phenoxy) is 1. The summed E-state index contributed by atoms with van der Waals surface area (Å²) in [7, 11) is -1.08. The van der Waals surface area contributed by atoms with Gasteiger partial charge in [-0.1, -0.05) is 6.92 Å². The molecule has 0 radical (unpaired) electrons. The molecular formula is C13H27NO3S. The molecule has 1 atom stereocenters. The number of nitrogens with one attached hydrogen (secondary N) is 1. The van der Waals surface area contributed by atoms with Crippen molar-refractivity contribution < 1.29 is 13.2 Å². The van der Waals surface area contributed by atoms with Gasteiger partial charge in [0, 0.05) is 25.2 Å². The van der Waals surface area contributed by atoms with Gasteiger partial charge < -0.3 is 10.1 Å². The molecule has 18 heavy (non-hydrogen) atoms. The largest absolute Gasteiger partial charge is 0.377 e. The molecule has 1 aliphatic carbocycles. The Labute approximate surface area is 111 Å². The van der Waals surface area contributed by atoms with Crippen LogP contribution in [0.2, 0.25) is 0 Å². The average Bonchev–Trinajstić information content (AvgIpc) is 2.22. The van der Waals surface area contributed by atoms with Gasteiger partial charge in [0.1, 0.15) is 9.84 Å². The molecule has 1 N–H and O–H groups in total. The van der Waals surface area contributed by atoms with Gasteiger partial charge in [0.2, 0.25) is 0 Å². The van der Waals surface area contributed by atoms with Crippen molar-refractivity contribution in [2.45, 2.75) is 57.1 Å². The minimum atomic E-state index is -2.85. The van der Waals surface area contributed by atoms with E-state index in [0.29, 0.717) is 6.42 Å². The first-order chi connectivity index (χ1) is 8.43. The Morgan fingerprint density at radius 3 is 2.44 bits per heavy atom. The van der Waals surface area contributed by atoms with Gasteiger partial charge in [0.25, 0.3) is 0 Å². The lowest BCUT2D eigenvalue weighted by molar-refractivity contribution is -0.0999. The topological polar surface area (TPSA) is 55.4 Å². The normalized spacial score (nSPS) is 20.4. The summed E-state index contributed by atoms with van der Waals surface area (Å²) in [5.41, 5.74) is -0.0489. The average molecular weight is 277 g/mol. The van der Waals surface area contributed by atoms with E-state index in [0.717, 1.165) is 32.2 Å². The summed E-state index contributed by atoms with van der Waals surface area (Å²) < 4.78 is 28.1. The smallest absolute Gasteiger partial charge is 0.147 e. The fourth-order valence-corrected chi connectivity index (χ4v) is 3.33. The van der Waals surface area contributed by atoms with Crippen molar-refractivity contribution in [3.05, 3.63) is 0 Å². The van der Waals surface area contributed by atoms with Crippen molar-refractivity contribution in [3.63, 3.8) is 0 Å². The minimum Gasteiger partial charge on any atom is -0.377 e. The highest BCUT2D eigenvalue weighted by atomic mass is 32.2. The maximum atomic E-state index is 11.2. The second-order valence-electron chi connectivity index (χ2n) is 5.40. The van der Waals surface area contributed by atoms with Gasteiger partial charge in [-0.05, 0) is 45.1 Å². The van der Waals surface area contributed by atoms with Crippen LogP contribution in [0.3, 0.4) is 0 Å². The summed E-state index contributed by atoms with van der Waals surface area (Å²) in [6, 6.07) is 0.290. The lowest BCUT2D eigenvalue weighted by Crippen LogP contribution is -2.56. The van der Waals surface area contributed by atoms with E-state index in [9.17, 15) is 8.42 Å². The van der Waals surface area contributed by atoms with E-state index in [-0.39, 0.29) is 17.4 Å². The third-order valence-electron chi connectivity index (χ3n) is 3.89. The first-order valence-corrected chi connectivity index (χ1v) is 8.96. The zero-order valence-electron chi connectivity index (χ0n) is 11.9. The fourth-order valence-electron chi connectivity index (χ4n) is 2.64. The summed E-state index contributed by atoms with van der Waals surface area (Å²) in [6.45, 7) is 3.11. The van der Waals surface area contributed by atoms with E-state index in [1.165, 1.54) is 12.7 Å². The molecule has 0 spiro atoms. The molecule has 0 aromatic carbocycles. The van der Waals surface area contributed by atoms with E-state index in [4.69, 9.17) is 4.74 Å². The van der Waals surface area contributed by atoms with Crippen LogP contribution in [0.25, 0.3) is 0 Å². The molecule has 0 bridgehead atoms. The summed E-state index contributed by atoms with van der Waals surface area (Å²) in [5, 5.41) is 3.53. The van der Waals surface area contributed by atoms with Crippen molar-refractivity contribution in [2.24, 2.45) is 0 Å². The van der Waals surface area contributed by atoms with Crippen LogP contribution in [0.5, 0.6) is 0 Å². The van der Waals surface area contributed by atoms with Crippen LogP contribution in [0.15, 0.2) is 0 Å². The lowest BCUT2D eigenvalue weighted by atomic mass is 9.73. The number of methoxy groups -OCH3 is 1. The maximum Gasteiger partial charge on any atom is 0.147 e. The molecule has 0 amide bonds. The first-order valence-electron chi connectivity index (χ1n) is 6.90. The highest BCUT2D eigenvalue weighted by Crippen LogP contribution is 2.39. The molecule has 5 heteroatoms. The SMILES string of the molecule is CCCNC(CCCS(C)(=O)=O)C1(OC)CCC1. The van der Waals surface area contributed by atoms with Gasteiger partial charge in [0.05, 0.1) is 5.60 Å². The highest BCUT2D eigenvalue weighted by Gasteiger charge is 2.43. The molecule has 1 aliphatic rings. The second kappa shape index (κ2) is 6.87.